The monoisotopic (exact) mass is 430 g/mol. The van der Waals surface area contributed by atoms with Crippen LogP contribution in [0.5, 0.6) is 0 Å². The van der Waals surface area contributed by atoms with E-state index in [0.717, 1.165) is 6.07 Å². The molecule has 30 heavy (non-hydrogen) atoms. The molecule has 10 heteroatoms. The first-order chi connectivity index (χ1) is 13.6. The predicted molar refractivity (Wildman–Crippen MR) is 106 cm³/mol. The molecule has 1 fully saturated rings. The highest BCUT2D eigenvalue weighted by atomic mass is 19.4. The molecular formula is C20H29F3N4O3. The van der Waals surface area contributed by atoms with Crippen LogP contribution in [0.2, 0.25) is 0 Å². The summed E-state index contributed by atoms with van der Waals surface area (Å²) in [6.07, 6.45) is -4.75. The lowest BCUT2D eigenvalue weighted by Crippen LogP contribution is -2.51. The van der Waals surface area contributed by atoms with Crippen LogP contribution in [0.3, 0.4) is 0 Å². The molecule has 0 bridgehead atoms. The minimum Gasteiger partial charge on any atom is -0.444 e. The first-order valence-electron chi connectivity index (χ1n) is 9.69. The van der Waals surface area contributed by atoms with E-state index in [4.69, 9.17) is 4.74 Å². The molecule has 1 aliphatic heterocycles. The van der Waals surface area contributed by atoms with E-state index in [2.05, 4.69) is 20.9 Å². The summed E-state index contributed by atoms with van der Waals surface area (Å²) in [7, 11) is 0. The smallest absolute Gasteiger partial charge is 0.433 e. The zero-order chi connectivity index (χ0) is 22.9. The lowest BCUT2D eigenvalue weighted by Gasteiger charge is -2.33. The van der Waals surface area contributed by atoms with Crippen molar-refractivity contribution in [1.82, 2.24) is 15.6 Å². The van der Waals surface area contributed by atoms with Gasteiger partial charge in [0, 0.05) is 12.1 Å². The number of halogens is 3. The van der Waals surface area contributed by atoms with Gasteiger partial charge in [0.2, 0.25) is 5.91 Å². The molecule has 0 unspecified atom stereocenters. The molecule has 0 saturated carbocycles. The number of aryl methyl sites for hydroxylation is 1. The van der Waals surface area contributed by atoms with Gasteiger partial charge in [0.25, 0.3) is 0 Å². The molecule has 3 N–H and O–H groups in total. The molecule has 1 aliphatic rings. The summed E-state index contributed by atoms with van der Waals surface area (Å²) >= 11 is 0. The molecule has 1 aromatic heterocycles. The minimum absolute atomic E-state index is 0.0867. The number of hydrogen-bond donors (Lipinski definition) is 3. The highest BCUT2D eigenvalue weighted by Gasteiger charge is 2.40. The predicted octanol–water partition coefficient (Wildman–Crippen LogP) is 3.63. The molecule has 2 amide bonds. The average molecular weight is 430 g/mol. The Balaban J connectivity index is 2.01. The zero-order valence-corrected chi connectivity index (χ0v) is 18.0. The van der Waals surface area contributed by atoms with Crippen molar-refractivity contribution < 1.29 is 27.5 Å². The van der Waals surface area contributed by atoms with Crippen molar-refractivity contribution in [3.63, 3.8) is 0 Å². The molecule has 0 aliphatic carbocycles. The fraction of sp³-hybridized carbons (Fsp3) is 0.650. The number of nitrogens with zero attached hydrogens (tertiary/aromatic N) is 1. The molecule has 7 nitrogen and oxygen atoms in total. The normalized spacial score (nSPS) is 20.0. The standard InChI is InChI=1S/C20H29F3N4O3/c1-11-7-8-14(20(21,22)23)25-15(11)26-16(28)13-9-12(10-24-13)19(5,6)27-17(29)30-18(2,3)4/h7-8,12-13,24H,9-10H2,1-6H3,(H,27,29)(H,25,26,28)/t12-,13-/m0/s1. The van der Waals surface area contributed by atoms with Gasteiger partial charge in [0.05, 0.1) is 6.04 Å². The van der Waals surface area contributed by atoms with Gasteiger partial charge in [-0.1, -0.05) is 6.07 Å². The van der Waals surface area contributed by atoms with E-state index in [1.807, 2.05) is 13.8 Å². The van der Waals surface area contributed by atoms with Crippen LogP contribution in [-0.4, -0.2) is 40.7 Å². The van der Waals surface area contributed by atoms with Crippen molar-refractivity contribution in [2.45, 2.75) is 71.3 Å². The first-order valence-corrected chi connectivity index (χ1v) is 9.69. The largest absolute Gasteiger partial charge is 0.444 e. The fourth-order valence-corrected chi connectivity index (χ4v) is 3.17. The Bertz CT molecular complexity index is 803. The zero-order valence-electron chi connectivity index (χ0n) is 18.0. The maximum atomic E-state index is 12.9. The number of amides is 2. The van der Waals surface area contributed by atoms with Crippen LogP contribution in [-0.2, 0) is 15.7 Å². The van der Waals surface area contributed by atoms with E-state index in [-0.39, 0.29) is 11.7 Å². The number of alkyl halides is 3. The van der Waals surface area contributed by atoms with Crippen LogP contribution >= 0.6 is 0 Å². The van der Waals surface area contributed by atoms with Gasteiger partial charge in [0.15, 0.2) is 0 Å². The summed E-state index contributed by atoms with van der Waals surface area (Å²) in [6.45, 7) is 11.0. The van der Waals surface area contributed by atoms with E-state index in [1.54, 1.807) is 27.7 Å². The summed E-state index contributed by atoms with van der Waals surface area (Å²) in [4.78, 5) is 28.2. The number of ether oxygens (including phenoxy) is 1. The third kappa shape index (κ3) is 6.32. The van der Waals surface area contributed by atoms with Crippen molar-refractivity contribution in [2.75, 3.05) is 11.9 Å². The van der Waals surface area contributed by atoms with Crippen molar-refractivity contribution in [2.24, 2.45) is 5.92 Å². The maximum Gasteiger partial charge on any atom is 0.433 e. The third-order valence-corrected chi connectivity index (χ3v) is 4.92. The number of aromatic nitrogens is 1. The number of nitrogens with one attached hydrogen (secondary N) is 3. The number of alkyl carbamates (subject to hydrolysis) is 1. The maximum absolute atomic E-state index is 12.9. The number of hydrogen-bond acceptors (Lipinski definition) is 5. The molecule has 2 heterocycles. The third-order valence-electron chi connectivity index (χ3n) is 4.92. The van der Waals surface area contributed by atoms with Gasteiger partial charge in [-0.05, 0) is 65.5 Å². The highest BCUT2D eigenvalue weighted by Crippen LogP contribution is 2.30. The average Bonchev–Trinajstić information content (AvgIpc) is 3.04. The summed E-state index contributed by atoms with van der Waals surface area (Å²) in [5.41, 5.74) is -1.93. The summed E-state index contributed by atoms with van der Waals surface area (Å²) in [5.74, 6) is -0.678. The molecule has 1 saturated heterocycles. The second-order valence-corrected chi connectivity index (χ2v) is 9.09. The lowest BCUT2D eigenvalue weighted by atomic mass is 9.85. The molecule has 1 aromatic rings. The Morgan fingerprint density at radius 3 is 2.37 bits per heavy atom. The number of anilines is 1. The lowest BCUT2D eigenvalue weighted by molar-refractivity contribution is -0.141. The van der Waals surface area contributed by atoms with Crippen LogP contribution < -0.4 is 16.0 Å². The van der Waals surface area contributed by atoms with E-state index < -0.39 is 41.1 Å². The van der Waals surface area contributed by atoms with Gasteiger partial charge in [-0.25, -0.2) is 9.78 Å². The van der Waals surface area contributed by atoms with Crippen LogP contribution in [0.25, 0.3) is 0 Å². The van der Waals surface area contributed by atoms with E-state index in [0.29, 0.717) is 18.5 Å². The molecule has 2 atom stereocenters. The van der Waals surface area contributed by atoms with Crippen LogP contribution in [0.1, 0.15) is 52.3 Å². The van der Waals surface area contributed by atoms with Gasteiger partial charge >= 0.3 is 12.3 Å². The van der Waals surface area contributed by atoms with Gasteiger partial charge in [-0.2, -0.15) is 13.2 Å². The minimum atomic E-state index is -4.60. The van der Waals surface area contributed by atoms with Crippen LogP contribution in [0.4, 0.5) is 23.8 Å². The number of carbonyl (C=O) groups excluding carboxylic acids is 2. The molecule has 168 valence electrons. The summed E-state index contributed by atoms with van der Waals surface area (Å²) in [5, 5.41) is 8.38. The summed E-state index contributed by atoms with van der Waals surface area (Å²) in [6, 6.07) is 1.52. The topological polar surface area (TPSA) is 92.4 Å². The highest BCUT2D eigenvalue weighted by molar-refractivity contribution is 5.94. The molecule has 0 radical (unpaired) electrons. The quantitative estimate of drug-likeness (QED) is 0.679. The number of rotatable bonds is 4. The summed E-state index contributed by atoms with van der Waals surface area (Å²) < 4.78 is 44.0. The molecule has 2 rings (SSSR count). The Morgan fingerprint density at radius 2 is 1.80 bits per heavy atom. The second kappa shape index (κ2) is 8.41. The fourth-order valence-electron chi connectivity index (χ4n) is 3.17. The van der Waals surface area contributed by atoms with Crippen LogP contribution in [0, 0.1) is 12.8 Å². The number of pyridine rings is 1. The van der Waals surface area contributed by atoms with Gasteiger partial charge in [0.1, 0.15) is 17.1 Å². The van der Waals surface area contributed by atoms with E-state index >= 15 is 0 Å². The first kappa shape index (κ1) is 23.9. The van der Waals surface area contributed by atoms with E-state index in [1.165, 1.54) is 6.07 Å². The molecule has 0 aromatic carbocycles. The van der Waals surface area contributed by atoms with Crippen molar-refractivity contribution >= 4 is 17.8 Å². The Hall–Kier alpha value is -2.36. The van der Waals surface area contributed by atoms with Crippen molar-refractivity contribution in [3.05, 3.63) is 23.4 Å². The van der Waals surface area contributed by atoms with E-state index in [9.17, 15) is 22.8 Å². The SMILES string of the molecule is Cc1ccc(C(F)(F)F)nc1NC(=O)[C@@H]1C[C@H](C(C)(C)NC(=O)OC(C)(C)C)CN1. The Morgan fingerprint density at radius 1 is 1.17 bits per heavy atom. The van der Waals surface area contributed by atoms with Crippen molar-refractivity contribution in [3.8, 4) is 0 Å². The Kier molecular flexibility index (Phi) is 6.70. The number of carbonyl (C=O) groups is 2. The van der Waals surface area contributed by atoms with Crippen molar-refractivity contribution in [1.29, 1.82) is 0 Å². The van der Waals surface area contributed by atoms with Gasteiger partial charge in [-0.15, -0.1) is 0 Å². The second-order valence-electron chi connectivity index (χ2n) is 9.09. The van der Waals surface area contributed by atoms with Gasteiger partial charge < -0.3 is 20.7 Å². The van der Waals surface area contributed by atoms with Gasteiger partial charge in [-0.3, -0.25) is 4.79 Å². The Labute approximate surface area is 174 Å². The van der Waals surface area contributed by atoms with Crippen LogP contribution in [0.15, 0.2) is 12.1 Å². The molecular weight excluding hydrogens is 401 g/mol. The molecule has 0 spiro atoms.